The first-order valence-electron chi connectivity index (χ1n) is 16.6. The molecule has 4 heterocycles. The van der Waals surface area contributed by atoms with E-state index in [0.717, 1.165) is 57.6 Å². The highest BCUT2D eigenvalue weighted by Gasteiger charge is 2.50. The fraction of sp³-hybridized carbons (Fsp3) is 0.459. The lowest BCUT2D eigenvalue weighted by atomic mass is 9.82. The van der Waals surface area contributed by atoms with Gasteiger partial charge in [-0.2, -0.15) is 0 Å². The van der Waals surface area contributed by atoms with Gasteiger partial charge in [0, 0.05) is 35.1 Å². The number of pyridine rings is 1. The molecule has 0 unspecified atom stereocenters. The van der Waals surface area contributed by atoms with Crippen molar-refractivity contribution < 1.29 is 14.3 Å². The third-order valence-electron chi connectivity index (χ3n) is 10.4. The number of aryl methyl sites for hydroxylation is 1. The number of esters is 1. The molecule has 7 rings (SSSR count). The number of anilines is 3. The predicted octanol–water partition coefficient (Wildman–Crippen LogP) is 7.16. The van der Waals surface area contributed by atoms with Crippen molar-refractivity contribution in [3.63, 3.8) is 0 Å². The van der Waals surface area contributed by atoms with E-state index in [1.807, 2.05) is 45.3 Å². The van der Waals surface area contributed by atoms with Crippen LogP contribution in [0.15, 0.2) is 48.8 Å². The molecule has 2 aromatic heterocycles. The van der Waals surface area contributed by atoms with E-state index in [-0.39, 0.29) is 24.0 Å². The maximum Gasteiger partial charge on any atom is 0.338 e. The Labute approximate surface area is 271 Å². The van der Waals surface area contributed by atoms with Crippen LogP contribution in [-0.2, 0) is 14.9 Å². The van der Waals surface area contributed by atoms with E-state index in [4.69, 9.17) is 14.7 Å². The second kappa shape index (κ2) is 11.5. The fourth-order valence-corrected chi connectivity index (χ4v) is 7.51. The number of likely N-dealkylation sites (tertiary alicyclic amines) is 1. The molecule has 2 aromatic carbocycles. The zero-order chi connectivity index (χ0) is 32.3. The molecular formula is C37H44N6O3. The predicted molar refractivity (Wildman–Crippen MR) is 182 cm³/mol. The van der Waals surface area contributed by atoms with Crippen LogP contribution in [0.4, 0.5) is 17.2 Å². The molecule has 0 bridgehead atoms. The standard InChI is InChI=1S/C37H44N6O3/c1-22(2)42-21-38-31-20-30(40-34(33(31)42)39-25-12-10-23(3)28(17-25)35(44)46-6)24-11-13-29-32(16-24)43(36(45)37(29,4)5)27-18-26(19-27)41-14-8-7-9-15-41/h10-13,16-17,20-22,26-27H,7-9,14-15,18-19H2,1-6H3,(H,39,40)/t26-,27+. The van der Waals surface area contributed by atoms with Crippen LogP contribution in [0, 0.1) is 6.92 Å². The van der Waals surface area contributed by atoms with Gasteiger partial charge < -0.3 is 24.4 Å². The number of aromatic nitrogens is 3. The summed E-state index contributed by atoms with van der Waals surface area (Å²) in [5, 5.41) is 3.49. The van der Waals surface area contributed by atoms with Crippen LogP contribution in [0.1, 0.15) is 87.3 Å². The first-order valence-corrected chi connectivity index (χ1v) is 16.6. The van der Waals surface area contributed by atoms with Gasteiger partial charge in [-0.25, -0.2) is 14.8 Å². The number of hydrogen-bond donors (Lipinski definition) is 1. The molecule has 1 saturated heterocycles. The van der Waals surface area contributed by atoms with Crippen LogP contribution in [0.5, 0.6) is 0 Å². The minimum atomic E-state index is -0.576. The third kappa shape index (κ3) is 5.05. The Morgan fingerprint density at radius 3 is 2.50 bits per heavy atom. The van der Waals surface area contributed by atoms with E-state index in [2.05, 4.69) is 51.7 Å². The van der Waals surface area contributed by atoms with Gasteiger partial charge in [-0.05, 0) is 109 Å². The molecule has 9 nitrogen and oxygen atoms in total. The quantitative estimate of drug-likeness (QED) is 0.219. The molecule has 0 atom stereocenters. The van der Waals surface area contributed by atoms with Gasteiger partial charge in [-0.15, -0.1) is 0 Å². The number of nitrogens with one attached hydrogen (secondary N) is 1. The van der Waals surface area contributed by atoms with Crippen LogP contribution >= 0.6 is 0 Å². The highest BCUT2D eigenvalue weighted by atomic mass is 16.5. The van der Waals surface area contributed by atoms with Crippen LogP contribution in [0.25, 0.3) is 22.3 Å². The molecule has 240 valence electrons. The smallest absolute Gasteiger partial charge is 0.338 e. The van der Waals surface area contributed by atoms with Crippen molar-refractivity contribution in [3.8, 4) is 11.3 Å². The Morgan fingerprint density at radius 1 is 1.02 bits per heavy atom. The average Bonchev–Trinajstić information content (AvgIpc) is 3.55. The molecule has 1 N–H and O–H groups in total. The molecule has 4 aromatic rings. The second-order valence-electron chi connectivity index (χ2n) is 14.0. The molecule has 3 aliphatic rings. The lowest BCUT2D eigenvalue weighted by molar-refractivity contribution is -0.123. The molecule has 1 aliphatic carbocycles. The monoisotopic (exact) mass is 620 g/mol. The number of rotatable bonds is 7. The zero-order valence-electron chi connectivity index (χ0n) is 27.8. The molecule has 0 radical (unpaired) electrons. The first kappa shape index (κ1) is 30.4. The Bertz CT molecular complexity index is 1830. The van der Waals surface area contributed by atoms with E-state index in [0.29, 0.717) is 17.4 Å². The highest BCUT2D eigenvalue weighted by Crippen LogP contribution is 2.48. The number of nitrogens with zero attached hydrogens (tertiary/aromatic N) is 5. The average molecular weight is 621 g/mol. The summed E-state index contributed by atoms with van der Waals surface area (Å²) in [5.41, 5.74) is 6.97. The van der Waals surface area contributed by atoms with Gasteiger partial charge in [0.2, 0.25) is 5.91 Å². The number of imidazole rings is 1. The Kier molecular flexibility index (Phi) is 7.62. The molecule has 0 spiro atoms. The summed E-state index contributed by atoms with van der Waals surface area (Å²) in [6, 6.07) is 15.0. The minimum Gasteiger partial charge on any atom is -0.465 e. The van der Waals surface area contributed by atoms with E-state index in [9.17, 15) is 9.59 Å². The van der Waals surface area contributed by atoms with E-state index in [1.54, 1.807) is 6.07 Å². The van der Waals surface area contributed by atoms with Crippen LogP contribution in [0.3, 0.4) is 0 Å². The number of piperidine rings is 1. The van der Waals surface area contributed by atoms with Crippen molar-refractivity contribution in [1.82, 2.24) is 19.4 Å². The Balaban J connectivity index is 1.26. The molecule has 2 aliphatic heterocycles. The summed E-state index contributed by atoms with van der Waals surface area (Å²) in [6.45, 7) is 12.6. The number of carbonyl (C=O) groups excluding carboxylic acids is 2. The third-order valence-corrected chi connectivity index (χ3v) is 10.4. The Morgan fingerprint density at radius 2 is 1.78 bits per heavy atom. The normalized spacial score (nSPS) is 21.0. The van der Waals surface area contributed by atoms with Crippen LogP contribution in [-0.4, -0.2) is 63.6 Å². The SMILES string of the molecule is COC(=O)c1cc(Nc2nc(-c3ccc4c(c3)N([C@H]3C[C@@H](N5CCCCC5)C3)C(=O)C4(C)C)cc3ncn(C(C)C)c23)ccc1C. The van der Waals surface area contributed by atoms with E-state index < -0.39 is 5.41 Å². The van der Waals surface area contributed by atoms with Gasteiger partial charge in [0.25, 0.3) is 0 Å². The lowest BCUT2D eigenvalue weighted by Gasteiger charge is -2.48. The molecule has 2 fully saturated rings. The number of carbonyl (C=O) groups is 2. The van der Waals surface area contributed by atoms with Crippen molar-refractivity contribution in [2.75, 3.05) is 30.4 Å². The zero-order valence-corrected chi connectivity index (χ0v) is 27.8. The lowest BCUT2D eigenvalue weighted by Crippen LogP contribution is -2.57. The van der Waals surface area contributed by atoms with Crippen molar-refractivity contribution in [3.05, 3.63) is 65.5 Å². The highest BCUT2D eigenvalue weighted by molar-refractivity contribution is 6.09. The molecular weight excluding hydrogens is 576 g/mol. The van der Waals surface area contributed by atoms with Gasteiger partial charge in [0.1, 0.15) is 5.52 Å². The van der Waals surface area contributed by atoms with Gasteiger partial charge in [0.15, 0.2) is 5.82 Å². The maximum atomic E-state index is 13.9. The number of fused-ring (bicyclic) bond motifs is 2. The van der Waals surface area contributed by atoms with Gasteiger partial charge in [0.05, 0.1) is 35.6 Å². The van der Waals surface area contributed by atoms with E-state index in [1.165, 1.54) is 39.5 Å². The van der Waals surface area contributed by atoms with Crippen molar-refractivity contribution in [2.24, 2.45) is 0 Å². The summed E-state index contributed by atoms with van der Waals surface area (Å²) in [5.74, 6) is 0.452. The summed E-state index contributed by atoms with van der Waals surface area (Å²) in [4.78, 5) is 41.0. The van der Waals surface area contributed by atoms with Gasteiger partial charge in [-0.1, -0.05) is 24.6 Å². The number of benzene rings is 2. The van der Waals surface area contributed by atoms with Gasteiger partial charge in [-0.3, -0.25) is 4.79 Å². The Hall–Kier alpha value is -4.24. The van der Waals surface area contributed by atoms with Crippen LogP contribution in [0.2, 0.25) is 0 Å². The number of amides is 1. The fourth-order valence-electron chi connectivity index (χ4n) is 7.51. The number of hydrogen-bond acceptors (Lipinski definition) is 7. The summed E-state index contributed by atoms with van der Waals surface area (Å²) in [6.07, 6.45) is 7.80. The molecule has 9 heteroatoms. The molecule has 1 amide bonds. The van der Waals surface area contributed by atoms with Crippen molar-refractivity contribution >= 4 is 40.1 Å². The first-order chi connectivity index (χ1) is 22.1. The summed E-state index contributed by atoms with van der Waals surface area (Å²) >= 11 is 0. The largest absolute Gasteiger partial charge is 0.465 e. The van der Waals surface area contributed by atoms with Crippen LogP contribution < -0.4 is 10.2 Å². The number of ether oxygens (including phenoxy) is 1. The molecule has 1 saturated carbocycles. The topological polar surface area (TPSA) is 92.6 Å². The maximum absolute atomic E-state index is 13.9. The van der Waals surface area contributed by atoms with E-state index >= 15 is 0 Å². The second-order valence-corrected chi connectivity index (χ2v) is 14.0. The minimum absolute atomic E-state index is 0.167. The summed E-state index contributed by atoms with van der Waals surface area (Å²) < 4.78 is 7.12. The van der Waals surface area contributed by atoms with Crippen molar-refractivity contribution in [1.29, 1.82) is 0 Å². The summed E-state index contributed by atoms with van der Waals surface area (Å²) in [7, 11) is 1.39. The molecule has 46 heavy (non-hydrogen) atoms. The number of methoxy groups -OCH3 is 1. The van der Waals surface area contributed by atoms with Gasteiger partial charge >= 0.3 is 5.97 Å². The van der Waals surface area contributed by atoms with Crippen molar-refractivity contribution in [2.45, 2.75) is 90.3 Å².